The lowest BCUT2D eigenvalue weighted by molar-refractivity contribution is -0.122. The van der Waals surface area contributed by atoms with E-state index in [9.17, 15) is 4.79 Å². The average Bonchev–Trinajstić information content (AvgIpc) is 2.54. The molecule has 1 aromatic rings. The summed E-state index contributed by atoms with van der Waals surface area (Å²) in [7, 11) is 1.85. The maximum absolute atomic E-state index is 11.5. The maximum atomic E-state index is 11.5. The van der Waals surface area contributed by atoms with Gasteiger partial charge in [-0.25, -0.2) is 0 Å². The van der Waals surface area contributed by atoms with Crippen molar-refractivity contribution in [3.05, 3.63) is 23.0 Å². The molecule has 1 amide bonds. The van der Waals surface area contributed by atoms with Gasteiger partial charge in [-0.05, 0) is 24.0 Å². The molecule has 5 nitrogen and oxygen atoms in total. The average molecular weight is 262 g/mol. The summed E-state index contributed by atoms with van der Waals surface area (Å²) in [5.41, 5.74) is 7.82. The molecule has 0 aliphatic rings. The smallest absolute Gasteiger partial charge is 0.235 e. The van der Waals surface area contributed by atoms with Gasteiger partial charge in [0.2, 0.25) is 5.91 Å². The number of carbonyl (C=O) groups is 1. The Balaban J connectivity index is 2.87. The van der Waals surface area contributed by atoms with E-state index in [2.05, 4.69) is 11.4 Å². The van der Waals surface area contributed by atoms with E-state index in [1.807, 2.05) is 45.4 Å². The molecule has 0 saturated carbocycles. The summed E-state index contributed by atoms with van der Waals surface area (Å²) >= 11 is 0. The van der Waals surface area contributed by atoms with Crippen molar-refractivity contribution in [2.75, 3.05) is 0 Å². The highest BCUT2D eigenvalue weighted by molar-refractivity contribution is 5.80. The number of primary amides is 1. The van der Waals surface area contributed by atoms with E-state index < -0.39 is 6.04 Å². The molecule has 0 aliphatic heterocycles. The number of carbonyl (C=O) groups excluding carboxylic acids is 1. The van der Waals surface area contributed by atoms with Gasteiger partial charge in [-0.1, -0.05) is 20.8 Å². The van der Waals surface area contributed by atoms with E-state index in [1.54, 1.807) is 0 Å². The van der Waals surface area contributed by atoms with Crippen LogP contribution < -0.4 is 11.1 Å². The van der Waals surface area contributed by atoms with Crippen LogP contribution in [0.2, 0.25) is 0 Å². The van der Waals surface area contributed by atoms with E-state index in [4.69, 9.17) is 11.0 Å². The first-order valence-electron chi connectivity index (χ1n) is 6.26. The van der Waals surface area contributed by atoms with Crippen LogP contribution in [0.1, 0.15) is 37.7 Å². The molecule has 0 fully saturated rings. The van der Waals surface area contributed by atoms with Gasteiger partial charge in [0.1, 0.15) is 11.8 Å². The minimum Gasteiger partial charge on any atom is -0.368 e. The van der Waals surface area contributed by atoms with Gasteiger partial charge >= 0.3 is 0 Å². The summed E-state index contributed by atoms with van der Waals surface area (Å²) in [4.78, 5) is 11.5. The van der Waals surface area contributed by atoms with Crippen LogP contribution in [0.25, 0.3) is 0 Å². The molecule has 0 aromatic carbocycles. The van der Waals surface area contributed by atoms with E-state index >= 15 is 0 Å². The van der Waals surface area contributed by atoms with Crippen LogP contribution in [0.3, 0.4) is 0 Å². The molecular weight excluding hydrogens is 240 g/mol. The van der Waals surface area contributed by atoms with Gasteiger partial charge in [-0.15, -0.1) is 0 Å². The van der Waals surface area contributed by atoms with Crippen LogP contribution in [0, 0.1) is 23.7 Å². The highest BCUT2D eigenvalue weighted by Gasteiger charge is 2.29. The topological polar surface area (TPSA) is 83.8 Å². The lowest BCUT2D eigenvalue weighted by Gasteiger charge is -2.28. The summed E-state index contributed by atoms with van der Waals surface area (Å²) in [5, 5.41) is 12.2. The van der Waals surface area contributed by atoms with Crippen LogP contribution in [-0.4, -0.2) is 16.5 Å². The molecule has 5 heteroatoms. The van der Waals surface area contributed by atoms with Gasteiger partial charge < -0.3 is 15.6 Å². The number of aromatic nitrogens is 1. The van der Waals surface area contributed by atoms with Crippen molar-refractivity contribution in [1.82, 2.24) is 9.88 Å². The van der Waals surface area contributed by atoms with Gasteiger partial charge in [0.05, 0.1) is 6.04 Å². The summed E-state index contributed by atoms with van der Waals surface area (Å²) in [5.74, 6) is -0.360. The molecular formula is C14H22N4O. The van der Waals surface area contributed by atoms with Crippen molar-refractivity contribution in [1.29, 1.82) is 5.26 Å². The predicted molar refractivity (Wildman–Crippen MR) is 74.1 cm³/mol. The van der Waals surface area contributed by atoms with E-state index in [-0.39, 0.29) is 11.3 Å². The molecule has 104 valence electrons. The Morgan fingerprint density at radius 2 is 2.16 bits per heavy atom. The minimum atomic E-state index is -0.405. The Kier molecular flexibility index (Phi) is 4.38. The zero-order valence-electron chi connectivity index (χ0n) is 12.2. The molecule has 1 atom stereocenters. The van der Waals surface area contributed by atoms with Crippen molar-refractivity contribution in [2.45, 2.75) is 40.3 Å². The quantitative estimate of drug-likeness (QED) is 0.855. The van der Waals surface area contributed by atoms with Gasteiger partial charge in [-0.3, -0.25) is 4.79 Å². The Morgan fingerprint density at radius 1 is 1.58 bits per heavy atom. The largest absolute Gasteiger partial charge is 0.368 e. The first kappa shape index (κ1) is 15.3. The maximum Gasteiger partial charge on any atom is 0.235 e. The second-order valence-corrected chi connectivity index (χ2v) is 5.89. The van der Waals surface area contributed by atoms with Crippen LogP contribution in [0.15, 0.2) is 6.07 Å². The number of nitrogens with zero attached hydrogens (tertiary/aromatic N) is 2. The second-order valence-electron chi connectivity index (χ2n) is 5.89. The Morgan fingerprint density at radius 3 is 2.53 bits per heavy atom. The molecule has 0 aliphatic carbocycles. The highest BCUT2D eigenvalue weighted by atomic mass is 16.1. The Labute approximate surface area is 114 Å². The minimum absolute atomic E-state index is 0.243. The number of hydrogen-bond donors (Lipinski definition) is 2. The monoisotopic (exact) mass is 262 g/mol. The predicted octanol–water partition coefficient (Wildman–Crippen LogP) is 1.19. The molecule has 0 bridgehead atoms. The number of rotatable bonds is 4. The zero-order chi connectivity index (χ0) is 14.8. The number of nitrogens with one attached hydrogen (secondary N) is 1. The second kappa shape index (κ2) is 5.45. The number of hydrogen-bond acceptors (Lipinski definition) is 3. The lowest BCUT2D eigenvalue weighted by Crippen LogP contribution is -2.49. The van der Waals surface area contributed by atoms with Gasteiger partial charge in [-0.2, -0.15) is 5.26 Å². The molecule has 19 heavy (non-hydrogen) atoms. The van der Waals surface area contributed by atoms with Crippen molar-refractivity contribution in [3.63, 3.8) is 0 Å². The molecule has 0 saturated heterocycles. The van der Waals surface area contributed by atoms with Crippen LogP contribution in [-0.2, 0) is 18.4 Å². The first-order valence-corrected chi connectivity index (χ1v) is 6.26. The van der Waals surface area contributed by atoms with Crippen molar-refractivity contribution in [3.8, 4) is 6.07 Å². The van der Waals surface area contributed by atoms with Gasteiger partial charge in [0, 0.05) is 19.3 Å². The molecule has 1 rings (SSSR count). The zero-order valence-corrected chi connectivity index (χ0v) is 12.2. The van der Waals surface area contributed by atoms with Crippen molar-refractivity contribution < 1.29 is 4.79 Å². The summed E-state index contributed by atoms with van der Waals surface area (Å²) in [6, 6.07) is 3.57. The molecule has 3 N–H and O–H groups in total. The molecule has 0 spiro atoms. The summed E-state index contributed by atoms with van der Waals surface area (Å²) in [6.07, 6.45) is 0. The molecule has 1 unspecified atom stereocenters. The fourth-order valence-electron chi connectivity index (χ4n) is 2.09. The normalized spacial score (nSPS) is 13.1. The SMILES string of the molecule is Cc1c(CNC(C(N)=O)C(C)(C)C)cc(C#N)n1C. The Bertz CT molecular complexity index is 517. The number of nitriles is 1. The fraction of sp³-hybridized carbons (Fsp3) is 0.571. The highest BCUT2D eigenvalue weighted by Crippen LogP contribution is 2.20. The molecule has 1 aromatic heterocycles. The van der Waals surface area contributed by atoms with E-state index in [0.29, 0.717) is 12.2 Å². The molecule has 1 heterocycles. The van der Waals surface area contributed by atoms with E-state index in [1.165, 1.54) is 0 Å². The number of amides is 1. The van der Waals surface area contributed by atoms with Crippen LogP contribution >= 0.6 is 0 Å². The Hall–Kier alpha value is -1.80. The third-order valence-electron chi connectivity index (χ3n) is 3.40. The first-order chi connectivity index (χ1) is 8.68. The summed E-state index contributed by atoms with van der Waals surface area (Å²) < 4.78 is 1.84. The van der Waals surface area contributed by atoms with Crippen LogP contribution in [0.4, 0.5) is 0 Å². The van der Waals surface area contributed by atoms with Crippen molar-refractivity contribution in [2.24, 2.45) is 18.2 Å². The standard InChI is InChI=1S/C14H22N4O/c1-9-10(6-11(7-15)18(9)5)8-17-12(13(16)19)14(2,3)4/h6,12,17H,8H2,1-5H3,(H2,16,19). The van der Waals surface area contributed by atoms with Gasteiger partial charge in [0.25, 0.3) is 0 Å². The fourth-order valence-corrected chi connectivity index (χ4v) is 2.09. The number of nitrogens with two attached hydrogens (primary N) is 1. The third kappa shape index (κ3) is 3.36. The van der Waals surface area contributed by atoms with E-state index in [0.717, 1.165) is 11.3 Å². The lowest BCUT2D eigenvalue weighted by atomic mass is 9.86. The van der Waals surface area contributed by atoms with Gasteiger partial charge in [0.15, 0.2) is 0 Å². The van der Waals surface area contributed by atoms with Crippen LogP contribution in [0.5, 0.6) is 0 Å². The summed E-state index contributed by atoms with van der Waals surface area (Å²) in [6.45, 7) is 8.37. The third-order valence-corrected chi connectivity index (χ3v) is 3.40. The van der Waals surface area contributed by atoms with Crippen molar-refractivity contribution >= 4 is 5.91 Å². The molecule has 0 radical (unpaired) electrons.